The standard InChI is InChI=1S/C9H11BrN2O2/c1-12(2)9(13)14-6-3-4-8(11)7(10)5-6/h3-5H,11H2,1-2H3. The first kappa shape index (κ1) is 10.8. The summed E-state index contributed by atoms with van der Waals surface area (Å²) in [5.41, 5.74) is 6.19. The highest BCUT2D eigenvalue weighted by Gasteiger charge is 2.07. The summed E-state index contributed by atoms with van der Waals surface area (Å²) in [6.45, 7) is 0. The van der Waals surface area contributed by atoms with Crippen molar-refractivity contribution in [1.82, 2.24) is 4.90 Å². The zero-order chi connectivity index (χ0) is 10.7. The van der Waals surface area contributed by atoms with Crippen molar-refractivity contribution in [3.8, 4) is 5.75 Å². The van der Waals surface area contributed by atoms with Crippen LogP contribution in [-0.2, 0) is 0 Å². The highest BCUT2D eigenvalue weighted by Crippen LogP contribution is 2.24. The highest BCUT2D eigenvalue weighted by atomic mass is 79.9. The fraction of sp³-hybridized carbons (Fsp3) is 0.222. The van der Waals surface area contributed by atoms with Gasteiger partial charge in [0.2, 0.25) is 0 Å². The van der Waals surface area contributed by atoms with E-state index in [9.17, 15) is 4.79 Å². The Kier molecular flexibility index (Phi) is 3.35. The number of hydrogen-bond donors (Lipinski definition) is 1. The first-order valence-corrected chi connectivity index (χ1v) is 4.74. The van der Waals surface area contributed by atoms with Crippen molar-refractivity contribution >= 4 is 27.7 Å². The summed E-state index contributed by atoms with van der Waals surface area (Å²) in [5.74, 6) is 0.463. The third-order valence-corrected chi connectivity index (χ3v) is 2.23. The van der Waals surface area contributed by atoms with E-state index in [1.165, 1.54) is 4.90 Å². The Labute approximate surface area is 90.8 Å². The van der Waals surface area contributed by atoms with Crippen molar-refractivity contribution in [2.24, 2.45) is 0 Å². The Morgan fingerprint density at radius 3 is 2.64 bits per heavy atom. The summed E-state index contributed by atoms with van der Waals surface area (Å²) in [6.07, 6.45) is -0.415. The van der Waals surface area contributed by atoms with Gasteiger partial charge in [0.1, 0.15) is 5.75 Å². The van der Waals surface area contributed by atoms with E-state index in [0.717, 1.165) is 0 Å². The molecule has 5 heteroatoms. The largest absolute Gasteiger partial charge is 0.414 e. The maximum absolute atomic E-state index is 11.2. The second-order valence-electron chi connectivity index (χ2n) is 2.95. The van der Waals surface area contributed by atoms with Gasteiger partial charge in [0.25, 0.3) is 0 Å². The lowest BCUT2D eigenvalue weighted by atomic mass is 10.3. The summed E-state index contributed by atoms with van der Waals surface area (Å²) in [7, 11) is 3.24. The van der Waals surface area contributed by atoms with Crippen LogP contribution in [0.25, 0.3) is 0 Å². The van der Waals surface area contributed by atoms with Crippen LogP contribution in [0.15, 0.2) is 22.7 Å². The van der Waals surface area contributed by atoms with Crippen LogP contribution in [0.5, 0.6) is 5.75 Å². The SMILES string of the molecule is CN(C)C(=O)Oc1ccc(N)c(Br)c1. The van der Waals surface area contributed by atoms with E-state index < -0.39 is 6.09 Å². The van der Waals surface area contributed by atoms with Crippen LogP contribution in [0.4, 0.5) is 10.5 Å². The molecule has 0 spiro atoms. The van der Waals surface area contributed by atoms with Crippen LogP contribution in [0.3, 0.4) is 0 Å². The van der Waals surface area contributed by atoms with E-state index in [1.54, 1.807) is 32.3 Å². The predicted octanol–water partition coefficient (Wildman–Crippen LogP) is 2.09. The smallest absolute Gasteiger partial charge is 0.410 e. The average molecular weight is 259 g/mol. The molecule has 2 N–H and O–H groups in total. The Morgan fingerprint density at radius 1 is 1.50 bits per heavy atom. The van der Waals surface area contributed by atoms with Crippen molar-refractivity contribution in [3.63, 3.8) is 0 Å². The molecular formula is C9H11BrN2O2. The zero-order valence-corrected chi connectivity index (χ0v) is 9.54. The zero-order valence-electron chi connectivity index (χ0n) is 7.95. The number of nitrogens with two attached hydrogens (primary N) is 1. The van der Waals surface area contributed by atoms with Gasteiger partial charge in [0, 0.05) is 24.3 Å². The van der Waals surface area contributed by atoms with Crippen molar-refractivity contribution in [2.45, 2.75) is 0 Å². The number of nitrogens with zero attached hydrogens (tertiary/aromatic N) is 1. The lowest BCUT2D eigenvalue weighted by molar-refractivity contribution is 0.172. The van der Waals surface area contributed by atoms with Crippen LogP contribution in [0.1, 0.15) is 0 Å². The molecule has 0 atom stereocenters. The van der Waals surface area contributed by atoms with Gasteiger partial charge in [-0.15, -0.1) is 0 Å². The van der Waals surface area contributed by atoms with E-state index in [2.05, 4.69) is 15.9 Å². The topological polar surface area (TPSA) is 55.6 Å². The summed E-state index contributed by atoms with van der Waals surface area (Å²) in [6, 6.07) is 4.96. The molecule has 0 fully saturated rings. The van der Waals surface area contributed by atoms with E-state index in [1.807, 2.05) is 0 Å². The first-order chi connectivity index (χ1) is 6.50. The number of carbonyl (C=O) groups excluding carboxylic acids is 1. The summed E-state index contributed by atoms with van der Waals surface area (Å²) >= 11 is 3.24. The molecule has 76 valence electrons. The molecule has 4 nitrogen and oxygen atoms in total. The molecule has 1 aromatic carbocycles. The Morgan fingerprint density at radius 2 is 2.14 bits per heavy atom. The molecule has 0 aliphatic heterocycles. The van der Waals surface area contributed by atoms with Gasteiger partial charge < -0.3 is 15.4 Å². The van der Waals surface area contributed by atoms with Gasteiger partial charge in [-0.3, -0.25) is 0 Å². The second-order valence-corrected chi connectivity index (χ2v) is 3.80. The molecule has 0 aliphatic carbocycles. The highest BCUT2D eigenvalue weighted by molar-refractivity contribution is 9.10. The molecule has 0 saturated heterocycles. The van der Waals surface area contributed by atoms with Crippen LogP contribution in [-0.4, -0.2) is 25.1 Å². The summed E-state index contributed by atoms with van der Waals surface area (Å²) in [5, 5.41) is 0. The molecule has 0 unspecified atom stereocenters. The number of benzene rings is 1. The van der Waals surface area contributed by atoms with Gasteiger partial charge in [-0.1, -0.05) is 0 Å². The molecule has 1 rings (SSSR count). The van der Waals surface area contributed by atoms with Gasteiger partial charge in [-0.25, -0.2) is 4.79 Å². The number of hydrogen-bond acceptors (Lipinski definition) is 3. The summed E-state index contributed by atoms with van der Waals surface area (Å²) in [4.78, 5) is 12.5. The average Bonchev–Trinajstić information content (AvgIpc) is 2.11. The van der Waals surface area contributed by atoms with Crippen LogP contribution in [0.2, 0.25) is 0 Å². The van der Waals surface area contributed by atoms with Gasteiger partial charge >= 0.3 is 6.09 Å². The van der Waals surface area contributed by atoms with E-state index in [0.29, 0.717) is 15.9 Å². The minimum Gasteiger partial charge on any atom is -0.410 e. The van der Waals surface area contributed by atoms with Crippen LogP contribution in [0, 0.1) is 0 Å². The van der Waals surface area contributed by atoms with Crippen LogP contribution >= 0.6 is 15.9 Å². The molecular weight excluding hydrogens is 248 g/mol. The van der Waals surface area contributed by atoms with Crippen LogP contribution < -0.4 is 10.5 Å². The number of carbonyl (C=O) groups is 1. The monoisotopic (exact) mass is 258 g/mol. The molecule has 0 bridgehead atoms. The molecule has 1 amide bonds. The quantitative estimate of drug-likeness (QED) is 0.785. The number of ether oxygens (including phenoxy) is 1. The van der Waals surface area contributed by atoms with Crippen molar-refractivity contribution < 1.29 is 9.53 Å². The Balaban J connectivity index is 2.78. The lowest BCUT2D eigenvalue weighted by Gasteiger charge is -2.11. The van der Waals surface area contributed by atoms with Crippen molar-refractivity contribution in [3.05, 3.63) is 22.7 Å². The second kappa shape index (κ2) is 4.32. The number of anilines is 1. The van der Waals surface area contributed by atoms with Crippen molar-refractivity contribution in [1.29, 1.82) is 0 Å². The fourth-order valence-corrected chi connectivity index (χ4v) is 1.12. The number of nitrogen functional groups attached to an aromatic ring is 1. The molecule has 14 heavy (non-hydrogen) atoms. The summed E-state index contributed by atoms with van der Waals surface area (Å²) < 4.78 is 5.72. The van der Waals surface area contributed by atoms with E-state index in [4.69, 9.17) is 10.5 Å². The Bertz CT molecular complexity index is 353. The normalized spacial score (nSPS) is 9.64. The maximum Gasteiger partial charge on any atom is 0.414 e. The number of rotatable bonds is 1. The third kappa shape index (κ3) is 2.63. The number of amides is 1. The third-order valence-electron chi connectivity index (χ3n) is 1.54. The predicted molar refractivity (Wildman–Crippen MR) is 58.3 cm³/mol. The van der Waals surface area contributed by atoms with E-state index in [-0.39, 0.29) is 0 Å². The van der Waals surface area contributed by atoms with E-state index >= 15 is 0 Å². The molecule has 0 radical (unpaired) electrons. The minimum absolute atomic E-state index is 0.415. The molecule has 0 saturated carbocycles. The molecule has 0 aliphatic rings. The first-order valence-electron chi connectivity index (χ1n) is 3.95. The van der Waals surface area contributed by atoms with Gasteiger partial charge in [-0.2, -0.15) is 0 Å². The Hall–Kier alpha value is -1.23. The molecule has 0 aromatic heterocycles. The fourth-order valence-electron chi connectivity index (χ4n) is 0.763. The lowest BCUT2D eigenvalue weighted by Crippen LogP contribution is -2.25. The molecule has 0 heterocycles. The van der Waals surface area contributed by atoms with Crippen molar-refractivity contribution in [2.75, 3.05) is 19.8 Å². The van der Waals surface area contributed by atoms with Gasteiger partial charge in [-0.05, 0) is 34.1 Å². The van der Waals surface area contributed by atoms with Gasteiger partial charge in [0.15, 0.2) is 0 Å². The number of halogens is 1. The minimum atomic E-state index is -0.415. The maximum atomic E-state index is 11.2. The van der Waals surface area contributed by atoms with Gasteiger partial charge in [0.05, 0.1) is 0 Å². The molecule has 1 aromatic rings.